The first kappa shape index (κ1) is 13.6. The van der Waals surface area contributed by atoms with E-state index < -0.39 is 0 Å². The molecule has 0 aromatic carbocycles. The van der Waals surface area contributed by atoms with Gasteiger partial charge < -0.3 is 15.2 Å². The maximum atomic E-state index is 12.0. The van der Waals surface area contributed by atoms with Crippen molar-refractivity contribution in [1.29, 1.82) is 0 Å². The van der Waals surface area contributed by atoms with Crippen molar-refractivity contribution in [3.05, 3.63) is 30.1 Å². The Labute approximate surface area is 122 Å². The number of hydrogen-bond donors (Lipinski definition) is 2. The third-order valence-corrected chi connectivity index (χ3v) is 3.70. The molecule has 3 rings (SSSR count). The van der Waals surface area contributed by atoms with Crippen molar-refractivity contribution in [3.8, 4) is 0 Å². The third-order valence-electron chi connectivity index (χ3n) is 3.70. The van der Waals surface area contributed by atoms with Gasteiger partial charge in [0, 0.05) is 32.3 Å². The zero-order chi connectivity index (χ0) is 14.7. The van der Waals surface area contributed by atoms with Gasteiger partial charge in [-0.15, -0.1) is 0 Å². The molecule has 110 valence electrons. The minimum Gasteiger partial charge on any atom is -0.351 e. The van der Waals surface area contributed by atoms with E-state index >= 15 is 0 Å². The molecule has 0 saturated carbocycles. The van der Waals surface area contributed by atoms with E-state index in [4.69, 9.17) is 0 Å². The second-order valence-electron chi connectivity index (χ2n) is 5.21. The van der Waals surface area contributed by atoms with Crippen LogP contribution in [0.15, 0.2) is 24.4 Å². The number of aromatic amines is 1. The van der Waals surface area contributed by atoms with Gasteiger partial charge in [0.15, 0.2) is 0 Å². The Morgan fingerprint density at radius 2 is 2.38 bits per heavy atom. The fraction of sp³-hybridized carbons (Fsp3) is 0.400. The van der Waals surface area contributed by atoms with E-state index in [9.17, 15) is 9.59 Å². The van der Waals surface area contributed by atoms with Crippen LogP contribution in [0, 0.1) is 0 Å². The molecule has 0 aliphatic carbocycles. The van der Waals surface area contributed by atoms with Gasteiger partial charge in [-0.1, -0.05) is 0 Å². The van der Waals surface area contributed by atoms with Crippen molar-refractivity contribution in [1.82, 2.24) is 20.2 Å². The van der Waals surface area contributed by atoms with E-state index in [0.29, 0.717) is 25.2 Å². The molecular weight excluding hydrogens is 268 g/mol. The molecule has 0 bridgehead atoms. The Morgan fingerprint density at radius 1 is 1.48 bits per heavy atom. The number of amides is 2. The Hall–Kier alpha value is -2.37. The number of rotatable bonds is 5. The van der Waals surface area contributed by atoms with Crippen LogP contribution in [-0.4, -0.2) is 46.3 Å². The fourth-order valence-electron chi connectivity index (χ4n) is 2.59. The molecule has 0 spiro atoms. The molecule has 1 fully saturated rings. The van der Waals surface area contributed by atoms with E-state index in [1.54, 1.807) is 12.3 Å². The first-order chi connectivity index (χ1) is 10.2. The number of aromatic nitrogens is 2. The van der Waals surface area contributed by atoms with E-state index in [2.05, 4.69) is 15.3 Å². The highest BCUT2D eigenvalue weighted by Crippen LogP contribution is 2.12. The molecule has 21 heavy (non-hydrogen) atoms. The van der Waals surface area contributed by atoms with Gasteiger partial charge in [0.05, 0.1) is 11.0 Å². The van der Waals surface area contributed by atoms with Gasteiger partial charge in [0.1, 0.15) is 5.69 Å². The molecule has 0 atom stereocenters. The Kier molecular flexibility index (Phi) is 3.85. The zero-order valence-corrected chi connectivity index (χ0v) is 11.8. The SMILES string of the molecule is O=C(NCCCN1CCCC1=O)c1cc2ncccc2[nH]1. The largest absolute Gasteiger partial charge is 0.351 e. The van der Waals surface area contributed by atoms with Crippen molar-refractivity contribution < 1.29 is 9.59 Å². The molecule has 1 aliphatic heterocycles. The summed E-state index contributed by atoms with van der Waals surface area (Å²) < 4.78 is 0. The second kappa shape index (κ2) is 5.95. The highest BCUT2D eigenvalue weighted by molar-refractivity contribution is 5.97. The summed E-state index contributed by atoms with van der Waals surface area (Å²) in [6.07, 6.45) is 4.09. The summed E-state index contributed by atoms with van der Waals surface area (Å²) in [4.78, 5) is 32.6. The van der Waals surface area contributed by atoms with Gasteiger partial charge in [0.2, 0.25) is 5.91 Å². The number of carbonyl (C=O) groups excluding carboxylic acids is 2. The maximum absolute atomic E-state index is 12.0. The molecule has 6 nitrogen and oxygen atoms in total. The third kappa shape index (κ3) is 3.04. The van der Waals surface area contributed by atoms with E-state index in [1.807, 2.05) is 17.0 Å². The fourth-order valence-corrected chi connectivity index (χ4v) is 2.59. The van der Waals surface area contributed by atoms with Crippen LogP contribution in [0.25, 0.3) is 11.0 Å². The molecule has 0 radical (unpaired) electrons. The summed E-state index contributed by atoms with van der Waals surface area (Å²) in [5, 5.41) is 2.86. The molecule has 2 aromatic rings. The first-order valence-electron chi connectivity index (χ1n) is 7.24. The Bertz CT molecular complexity index is 631. The molecule has 2 N–H and O–H groups in total. The highest BCUT2D eigenvalue weighted by Gasteiger charge is 2.19. The van der Waals surface area contributed by atoms with Crippen LogP contribution in [0.3, 0.4) is 0 Å². The Balaban J connectivity index is 1.48. The lowest BCUT2D eigenvalue weighted by Gasteiger charge is -2.15. The highest BCUT2D eigenvalue weighted by atomic mass is 16.2. The normalized spacial score (nSPS) is 14.9. The average Bonchev–Trinajstić information content (AvgIpc) is 3.09. The number of nitrogens with zero attached hydrogens (tertiary/aromatic N) is 2. The number of fused-ring (bicyclic) bond motifs is 1. The summed E-state index contributed by atoms with van der Waals surface area (Å²) in [7, 11) is 0. The predicted molar refractivity (Wildman–Crippen MR) is 78.9 cm³/mol. The number of nitrogens with one attached hydrogen (secondary N) is 2. The minimum atomic E-state index is -0.138. The Morgan fingerprint density at radius 3 is 3.14 bits per heavy atom. The monoisotopic (exact) mass is 286 g/mol. The molecule has 3 heterocycles. The van der Waals surface area contributed by atoms with Gasteiger partial charge in [-0.3, -0.25) is 14.6 Å². The van der Waals surface area contributed by atoms with Crippen LogP contribution in [0.5, 0.6) is 0 Å². The van der Waals surface area contributed by atoms with Gasteiger partial charge in [-0.05, 0) is 31.0 Å². The van der Waals surface area contributed by atoms with Crippen LogP contribution in [0.2, 0.25) is 0 Å². The van der Waals surface area contributed by atoms with Crippen molar-refractivity contribution in [2.24, 2.45) is 0 Å². The number of likely N-dealkylation sites (tertiary alicyclic amines) is 1. The lowest BCUT2D eigenvalue weighted by atomic mass is 10.3. The number of carbonyl (C=O) groups is 2. The van der Waals surface area contributed by atoms with Gasteiger partial charge in [0.25, 0.3) is 5.91 Å². The van der Waals surface area contributed by atoms with Crippen LogP contribution in [-0.2, 0) is 4.79 Å². The average molecular weight is 286 g/mol. The number of pyridine rings is 1. The number of H-pyrrole nitrogens is 1. The predicted octanol–water partition coefficient (Wildman–Crippen LogP) is 1.31. The summed E-state index contributed by atoms with van der Waals surface area (Å²) >= 11 is 0. The second-order valence-corrected chi connectivity index (χ2v) is 5.21. The van der Waals surface area contributed by atoms with Crippen molar-refractivity contribution in [2.75, 3.05) is 19.6 Å². The quantitative estimate of drug-likeness (QED) is 0.813. The first-order valence-corrected chi connectivity index (χ1v) is 7.24. The molecule has 1 aliphatic rings. The standard InChI is InChI=1S/C15H18N4O2/c20-14-5-2-8-19(14)9-3-7-17-15(21)13-10-12-11(18-13)4-1-6-16-12/h1,4,6,10,18H,2-3,5,7-9H2,(H,17,21). The van der Waals surface area contributed by atoms with Crippen molar-refractivity contribution >= 4 is 22.8 Å². The van der Waals surface area contributed by atoms with Gasteiger partial charge >= 0.3 is 0 Å². The lowest BCUT2D eigenvalue weighted by molar-refractivity contribution is -0.127. The van der Waals surface area contributed by atoms with Crippen molar-refractivity contribution in [3.63, 3.8) is 0 Å². The molecule has 2 aromatic heterocycles. The molecule has 1 saturated heterocycles. The summed E-state index contributed by atoms with van der Waals surface area (Å²) in [5.41, 5.74) is 2.15. The van der Waals surface area contributed by atoms with Crippen LogP contribution in [0.1, 0.15) is 29.8 Å². The molecule has 6 heteroatoms. The smallest absolute Gasteiger partial charge is 0.267 e. The van der Waals surface area contributed by atoms with Crippen LogP contribution in [0.4, 0.5) is 0 Å². The summed E-state index contributed by atoms with van der Waals surface area (Å²) in [6.45, 7) is 2.12. The van der Waals surface area contributed by atoms with Crippen molar-refractivity contribution in [2.45, 2.75) is 19.3 Å². The van der Waals surface area contributed by atoms with E-state index in [0.717, 1.165) is 30.4 Å². The van der Waals surface area contributed by atoms with E-state index in [1.165, 1.54) is 0 Å². The molecule has 0 unspecified atom stereocenters. The minimum absolute atomic E-state index is 0.138. The number of hydrogen-bond acceptors (Lipinski definition) is 3. The molecule has 2 amide bonds. The lowest BCUT2D eigenvalue weighted by Crippen LogP contribution is -2.30. The molecular formula is C15H18N4O2. The van der Waals surface area contributed by atoms with Crippen LogP contribution < -0.4 is 5.32 Å². The van der Waals surface area contributed by atoms with Gasteiger partial charge in [-0.25, -0.2) is 0 Å². The van der Waals surface area contributed by atoms with E-state index in [-0.39, 0.29) is 11.8 Å². The summed E-state index contributed by atoms with van der Waals surface area (Å²) in [6, 6.07) is 5.46. The maximum Gasteiger partial charge on any atom is 0.267 e. The summed E-state index contributed by atoms with van der Waals surface area (Å²) in [5.74, 6) is 0.0868. The van der Waals surface area contributed by atoms with Crippen LogP contribution >= 0.6 is 0 Å². The zero-order valence-electron chi connectivity index (χ0n) is 11.8. The van der Waals surface area contributed by atoms with Gasteiger partial charge in [-0.2, -0.15) is 0 Å². The topological polar surface area (TPSA) is 78.1 Å².